The lowest BCUT2D eigenvalue weighted by atomic mass is 9.71. The van der Waals surface area contributed by atoms with Gasteiger partial charge in [-0.1, -0.05) is 45.9 Å². The molecule has 184 valence electrons. The number of carbonyl (C=O) groups excluding carboxylic acids is 1. The van der Waals surface area contributed by atoms with Gasteiger partial charge in [0.15, 0.2) is 11.5 Å². The molecule has 6 heteroatoms. The van der Waals surface area contributed by atoms with Crippen LogP contribution >= 0.6 is 0 Å². The van der Waals surface area contributed by atoms with E-state index >= 15 is 0 Å². The van der Waals surface area contributed by atoms with Crippen molar-refractivity contribution in [3.05, 3.63) is 52.1 Å². The van der Waals surface area contributed by atoms with Gasteiger partial charge in [-0.3, -0.25) is 9.69 Å². The molecule has 1 saturated heterocycles. The summed E-state index contributed by atoms with van der Waals surface area (Å²) in [6, 6.07) is 2.24. The van der Waals surface area contributed by atoms with Gasteiger partial charge in [0.05, 0.1) is 34.0 Å². The van der Waals surface area contributed by atoms with Gasteiger partial charge in [0, 0.05) is 29.6 Å². The highest BCUT2D eigenvalue weighted by Gasteiger charge is 2.39. The topological polar surface area (TPSA) is 57.2 Å². The summed E-state index contributed by atoms with van der Waals surface area (Å²) in [5.74, 6) is 1.69. The number of carbonyl (C=O) groups is 1. The van der Waals surface area contributed by atoms with Crippen LogP contribution in [0.2, 0.25) is 0 Å². The summed E-state index contributed by atoms with van der Waals surface area (Å²) >= 11 is 0. The molecule has 6 nitrogen and oxygen atoms in total. The average molecular weight is 468 g/mol. The number of methoxy groups -OCH3 is 2. The minimum absolute atomic E-state index is 0.192. The van der Waals surface area contributed by atoms with Gasteiger partial charge in [-0.25, -0.2) is 0 Å². The average Bonchev–Trinajstić information content (AvgIpc) is 3.00. The van der Waals surface area contributed by atoms with Crippen molar-refractivity contribution in [3.8, 4) is 11.5 Å². The third-order valence-electron chi connectivity index (χ3n) is 7.13. The number of nitrogens with zero attached hydrogens (tertiary/aromatic N) is 1. The summed E-state index contributed by atoms with van der Waals surface area (Å²) in [5.41, 5.74) is 5.34. The summed E-state index contributed by atoms with van der Waals surface area (Å²) in [6.07, 6.45) is 8.99. The first-order chi connectivity index (χ1) is 16.3. The first-order valence-electron chi connectivity index (χ1n) is 12.1. The number of fused-ring (bicyclic) bond motifs is 2. The molecule has 1 fully saturated rings. The maximum Gasteiger partial charge on any atom is 0.320 e. The molecule has 1 aliphatic heterocycles. The van der Waals surface area contributed by atoms with E-state index in [-0.39, 0.29) is 17.5 Å². The number of rotatable bonds is 6. The predicted octanol–water partition coefficient (Wildman–Crippen LogP) is 4.53. The minimum atomic E-state index is -0.360. The van der Waals surface area contributed by atoms with Crippen LogP contribution in [0.25, 0.3) is 6.08 Å². The Morgan fingerprint density at radius 1 is 1.18 bits per heavy atom. The third kappa shape index (κ3) is 4.66. The Kier molecular flexibility index (Phi) is 7.20. The summed E-state index contributed by atoms with van der Waals surface area (Å²) in [4.78, 5) is 14.8. The van der Waals surface area contributed by atoms with Crippen LogP contribution in [0.15, 0.2) is 35.4 Å². The lowest BCUT2D eigenvalue weighted by Crippen LogP contribution is -2.43. The van der Waals surface area contributed by atoms with E-state index in [9.17, 15) is 4.79 Å². The molecule has 0 spiro atoms. The lowest BCUT2D eigenvalue weighted by molar-refractivity contribution is -0.153. The summed E-state index contributed by atoms with van der Waals surface area (Å²) in [6.45, 7) is 11.8. The fourth-order valence-corrected chi connectivity index (χ4v) is 5.13. The van der Waals surface area contributed by atoms with Crippen molar-refractivity contribution in [2.75, 3.05) is 47.1 Å². The van der Waals surface area contributed by atoms with Crippen LogP contribution in [0.3, 0.4) is 0 Å². The van der Waals surface area contributed by atoms with E-state index in [4.69, 9.17) is 18.9 Å². The second kappa shape index (κ2) is 9.96. The van der Waals surface area contributed by atoms with Gasteiger partial charge in [0.1, 0.15) is 6.10 Å². The quantitative estimate of drug-likeness (QED) is 0.573. The standard InChI is InChI=1S/C28H37NO5/c1-18(2)21-15-19-7-9-23-20(16-22(19)27(32-6)26(21)31-5)8-10-24(28(23,3)4)34-25(30)17-29-11-13-33-14-12-29/h8-10,15-16,18,24H,7,11-14,17H2,1-6H3. The van der Waals surface area contributed by atoms with Crippen LogP contribution in [0.4, 0.5) is 0 Å². The maximum absolute atomic E-state index is 12.7. The van der Waals surface area contributed by atoms with Crippen molar-refractivity contribution in [3.63, 3.8) is 0 Å². The molecule has 0 aromatic heterocycles. The van der Waals surface area contributed by atoms with Crippen molar-refractivity contribution < 1.29 is 23.7 Å². The normalized spacial score (nSPS) is 21.7. The Morgan fingerprint density at radius 3 is 2.53 bits per heavy atom. The summed E-state index contributed by atoms with van der Waals surface area (Å²) in [5, 5.41) is 0. The number of morpholine rings is 1. The number of hydrogen-bond donors (Lipinski definition) is 0. The van der Waals surface area contributed by atoms with Gasteiger partial charge < -0.3 is 18.9 Å². The van der Waals surface area contributed by atoms with E-state index in [2.05, 4.69) is 56.9 Å². The van der Waals surface area contributed by atoms with Gasteiger partial charge in [-0.15, -0.1) is 0 Å². The number of esters is 1. The van der Waals surface area contributed by atoms with Gasteiger partial charge >= 0.3 is 5.97 Å². The van der Waals surface area contributed by atoms with Gasteiger partial charge in [0.2, 0.25) is 0 Å². The molecule has 1 aromatic rings. The molecule has 34 heavy (non-hydrogen) atoms. The SMILES string of the molecule is COc1c(C(C)C)cc2c(c1OC)C=C1C=CC(OC(=O)CN3CCOCC3)C(C)(C)C1=CC2. The van der Waals surface area contributed by atoms with Gasteiger partial charge in [-0.05, 0) is 41.2 Å². The molecule has 0 bridgehead atoms. The first kappa shape index (κ1) is 24.6. The highest BCUT2D eigenvalue weighted by molar-refractivity contribution is 5.77. The first-order valence-corrected chi connectivity index (χ1v) is 12.1. The van der Waals surface area contributed by atoms with Crippen molar-refractivity contribution in [1.29, 1.82) is 0 Å². The van der Waals surface area contributed by atoms with Crippen LogP contribution in [-0.2, 0) is 20.7 Å². The number of ether oxygens (including phenoxy) is 4. The molecule has 1 unspecified atom stereocenters. The monoisotopic (exact) mass is 467 g/mol. The molecule has 1 aromatic carbocycles. The molecule has 1 heterocycles. The van der Waals surface area contributed by atoms with E-state index < -0.39 is 0 Å². The summed E-state index contributed by atoms with van der Waals surface area (Å²) in [7, 11) is 3.40. The van der Waals surface area contributed by atoms with Crippen LogP contribution in [0.5, 0.6) is 11.5 Å². The van der Waals surface area contributed by atoms with E-state index in [0.717, 1.165) is 47.7 Å². The van der Waals surface area contributed by atoms with Crippen molar-refractivity contribution in [2.45, 2.75) is 46.1 Å². The molecule has 1 atom stereocenters. The van der Waals surface area contributed by atoms with Gasteiger partial charge in [-0.2, -0.15) is 0 Å². The van der Waals surface area contributed by atoms with Crippen molar-refractivity contribution in [2.24, 2.45) is 5.41 Å². The third-order valence-corrected chi connectivity index (χ3v) is 7.13. The van der Waals surface area contributed by atoms with Crippen molar-refractivity contribution >= 4 is 12.0 Å². The highest BCUT2D eigenvalue weighted by Crippen LogP contribution is 2.47. The molecule has 3 aliphatic rings. The second-order valence-electron chi connectivity index (χ2n) is 10.1. The van der Waals surface area contributed by atoms with Crippen LogP contribution in [0, 0.1) is 5.41 Å². The van der Waals surface area contributed by atoms with Gasteiger partial charge in [0.25, 0.3) is 0 Å². The molecule has 0 saturated carbocycles. The smallest absolute Gasteiger partial charge is 0.320 e. The molecule has 2 aliphatic carbocycles. The fraction of sp³-hybridized carbons (Fsp3) is 0.536. The Labute approximate surface area is 203 Å². The Balaban J connectivity index is 1.64. The van der Waals surface area contributed by atoms with Crippen LogP contribution < -0.4 is 9.47 Å². The van der Waals surface area contributed by atoms with Crippen LogP contribution in [-0.4, -0.2) is 64.0 Å². The zero-order chi connectivity index (χ0) is 24.5. The highest BCUT2D eigenvalue weighted by atomic mass is 16.5. The number of hydrogen-bond acceptors (Lipinski definition) is 6. The fourth-order valence-electron chi connectivity index (χ4n) is 5.13. The molecular formula is C28H37NO5. The summed E-state index contributed by atoms with van der Waals surface area (Å²) < 4.78 is 23.0. The molecule has 0 radical (unpaired) electrons. The zero-order valence-corrected chi connectivity index (χ0v) is 21.3. The van der Waals surface area contributed by atoms with E-state index in [1.165, 1.54) is 11.1 Å². The van der Waals surface area contributed by atoms with E-state index in [1.807, 2.05) is 6.08 Å². The Morgan fingerprint density at radius 2 is 1.88 bits per heavy atom. The molecular weight excluding hydrogens is 430 g/mol. The largest absolute Gasteiger partial charge is 0.493 e. The number of allylic oxidation sites excluding steroid dienone is 3. The zero-order valence-electron chi connectivity index (χ0n) is 21.3. The predicted molar refractivity (Wildman–Crippen MR) is 133 cm³/mol. The Bertz CT molecular complexity index is 1030. The van der Waals surface area contributed by atoms with E-state index in [0.29, 0.717) is 25.7 Å². The second-order valence-corrected chi connectivity index (χ2v) is 10.1. The Hall–Kier alpha value is -2.57. The van der Waals surface area contributed by atoms with E-state index in [1.54, 1.807) is 14.2 Å². The molecule has 0 N–H and O–H groups in total. The molecule has 0 amide bonds. The van der Waals surface area contributed by atoms with Crippen LogP contribution in [0.1, 0.15) is 50.3 Å². The minimum Gasteiger partial charge on any atom is -0.493 e. The molecule has 4 rings (SSSR count). The van der Waals surface area contributed by atoms with Crippen molar-refractivity contribution in [1.82, 2.24) is 4.90 Å². The maximum atomic E-state index is 12.7. The lowest BCUT2D eigenvalue weighted by Gasteiger charge is -2.38. The number of benzene rings is 1.